The molecule has 1 aromatic carbocycles. The van der Waals surface area contributed by atoms with Gasteiger partial charge in [-0.25, -0.2) is 0 Å². The minimum absolute atomic E-state index is 0.00148. The van der Waals surface area contributed by atoms with Crippen LogP contribution in [0, 0.1) is 0 Å². The average Bonchev–Trinajstić information content (AvgIpc) is 2.28. The maximum absolute atomic E-state index is 6.22. The molecule has 0 aliphatic carbocycles. The predicted molar refractivity (Wildman–Crippen MR) is 83.1 cm³/mol. The molecule has 0 aliphatic heterocycles. The van der Waals surface area contributed by atoms with Gasteiger partial charge in [-0.1, -0.05) is 40.5 Å². The van der Waals surface area contributed by atoms with Crippen molar-refractivity contribution in [1.82, 2.24) is 4.90 Å². The van der Waals surface area contributed by atoms with E-state index in [-0.39, 0.29) is 6.04 Å². The molecule has 0 amide bonds. The van der Waals surface area contributed by atoms with Gasteiger partial charge in [0.05, 0.1) is 0 Å². The molecule has 102 valence electrons. The summed E-state index contributed by atoms with van der Waals surface area (Å²) in [4.78, 5) is 2.41. The van der Waals surface area contributed by atoms with Crippen molar-refractivity contribution in [1.29, 1.82) is 0 Å². The van der Waals surface area contributed by atoms with E-state index in [1.54, 1.807) is 0 Å². The summed E-state index contributed by atoms with van der Waals surface area (Å²) in [6.07, 6.45) is 0.924. The lowest BCUT2D eigenvalue weighted by atomic mass is 10.0. The van der Waals surface area contributed by atoms with Crippen LogP contribution < -0.4 is 5.73 Å². The largest absolute Gasteiger partial charge is 0.324 e. The zero-order chi connectivity index (χ0) is 13.7. The van der Waals surface area contributed by atoms with Gasteiger partial charge < -0.3 is 10.6 Å². The fourth-order valence-corrected chi connectivity index (χ4v) is 2.86. The van der Waals surface area contributed by atoms with Crippen molar-refractivity contribution in [2.24, 2.45) is 5.73 Å². The van der Waals surface area contributed by atoms with E-state index in [2.05, 4.69) is 41.6 Å². The smallest absolute Gasteiger partial charge is 0.0464 e. The molecule has 0 saturated heterocycles. The second-order valence-electron chi connectivity index (χ2n) is 4.78. The van der Waals surface area contributed by atoms with Crippen LogP contribution in [-0.4, -0.2) is 24.0 Å². The van der Waals surface area contributed by atoms with Crippen LogP contribution in [0.5, 0.6) is 0 Å². The van der Waals surface area contributed by atoms with Gasteiger partial charge in [0.25, 0.3) is 0 Å². The maximum atomic E-state index is 6.22. The van der Waals surface area contributed by atoms with Crippen LogP contribution in [-0.2, 0) is 0 Å². The van der Waals surface area contributed by atoms with E-state index < -0.39 is 0 Å². The zero-order valence-corrected chi connectivity index (χ0v) is 13.6. The van der Waals surface area contributed by atoms with Crippen molar-refractivity contribution in [3.05, 3.63) is 33.3 Å². The average molecular weight is 334 g/mol. The number of nitrogens with zero attached hydrogens (tertiary/aromatic N) is 1. The highest BCUT2D eigenvalue weighted by atomic mass is 79.9. The lowest BCUT2D eigenvalue weighted by Gasteiger charge is -2.26. The van der Waals surface area contributed by atoms with Crippen molar-refractivity contribution in [3.8, 4) is 0 Å². The van der Waals surface area contributed by atoms with Crippen LogP contribution in [0.25, 0.3) is 0 Å². The van der Waals surface area contributed by atoms with Crippen LogP contribution >= 0.6 is 27.5 Å². The van der Waals surface area contributed by atoms with E-state index in [0.717, 1.165) is 34.6 Å². The van der Waals surface area contributed by atoms with Gasteiger partial charge in [-0.05, 0) is 44.5 Å². The monoisotopic (exact) mass is 332 g/mol. The van der Waals surface area contributed by atoms with E-state index in [1.807, 2.05) is 18.2 Å². The Morgan fingerprint density at radius 2 is 2.06 bits per heavy atom. The van der Waals surface area contributed by atoms with Crippen molar-refractivity contribution >= 4 is 27.5 Å². The van der Waals surface area contributed by atoms with Gasteiger partial charge in [0.15, 0.2) is 0 Å². The summed E-state index contributed by atoms with van der Waals surface area (Å²) >= 11 is 9.62. The van der Waals surface area contributed by atoms with Gasteiger partial charge in [-0.15, -0.1) is 0 Å². The van der Waals surface area contributed by atoms with Crippen LogP contribution in [0.4, 0.5) is 0 Å². The molecule has 0 bridgehead atoms. The standard InChI is InChI=1S/C14H22BrClN2/c1-4-18(10(2)3)8-7-14(17)12-6-5-11(15)9-13(12)16/h5-6,9-10,14H,4,7-8,17H2,1-3H3. The highest BCUT2D eigenvalue weighted by molar-refractivity contribution is 9.10. The Bertz CT molecular complexity index is 382. The number of benzene rings is 1. The second kappa shape index (κ2) is 7.49. The van der Waals surface area contributed by atoms with Gasteiger partial charge in [-0.2, -0.15) is 0 Å². The third-order valence-electron chi connectivity index (χ3n) is 3.23. The van der Waals surface area contributed by atoms with E-state index >= 15 is 0 Å². The molecule has 4 heteroatoms. The summed E-state index contributed by atoms with van der Waals surface area (Å²) in [5.74, 6) is 0. The fraction of sp³-hybridized carbons (Fsp3) is 0.571. The first-order chi connectivity index (χ1) is 8.45. The topological polar surface area (TPSA) is 29.3 Å². The molecular formula is C14H22BrClN2. The van der Waals surface area contributed by atoms with Crippen molar-refractivity contribution in [2.75, 3.05) is 13.1 Å². The van der Waals surface area contributed by atoms with E-state index in [0.29, 0.717) is 6.04 Å². The molecule has 0 saturated carbocycles. The Kier molecular flexibility index (Phi) is 6.64. The third kappa shape index (κ3) is 4.54. The number of hydrogen-bond donors (Lipinski definition) is 1. The van der Waals surface area contributed by atoms with Crippen LogP contribution in [0.15, 0.2) is 22.7 Å². The minimum atomic E-state index is -0.00148. The molecule has 2 nitrogen and oxygen atoms in total. The maximum Gasteiger partial charge on any atom is 0.0464 e. The Balaban J connectivity index is 2.62. The number of rotatable bonds is 6. The molecule has 0 radical (unpaired) electrons. The minimum Gasteiger partial charge on any atom is -0.324 e. The molecule has 2 N–H and O–H groups in total. The Morgan fingerprint density at radius 3 is 2.56 bits per heavy atom. The SMILES string of the molecule is CCN(CCC(N)c1ccc(Br)cc1Cl)C(C)C. The van der Waals surface area contributed by atoms with E-state index in [4.69, 9.17) is 17.3 Å². The molecule has 0 fully saturated rings. The lowest BCUT2D eigenvalue weighted by Crippen LogP contribution is -2.33. The summed E-state index contributed by atoms with van der Waals surface area (Å²) in [5.41, 5.74) is 7.25. The number of halogens is 2. The zero-order valence-electron chi connectivity index (χ0n) is 11.3. The van der Waals surface area contributed by atoms with E-state index in [1.165, 1.54) is 0 Å². The van der Waals surface area contributed by atoms with Gasteiger partial charge in [0.2, 0.25) is 0 Å². The van der Waals surface area contributed by atoms with Gasteiger partial charge in [-0.3, -0.25) is 0 Å². The first kappa shape index (κ1) is 16.0. The summed E-state index contributed by atoms with van der Waals surface area (Å²) < 4.78 is 0.987. The Hall–Kier alpha value is -0.0900. The Morgan fingerprint density at radius 1 is 1.39 bits per heavy atom. The fourth-order valence-electron chi connectivity index (χ4n) is 2.04. The van der Waals surface area contributed by atoms with Crippen LogP contribution in [0.3, 0.4) is 0 Å². The normalized spacial score (nSPS) is 13.3. The number of nitrogens with two attached hydrogens (primary N) is 1. The van der Waals surface area contributed by atoms with E-state index in [9.17, 15) is 0 Å². The van der Waals surface area contributed by atoms with Crippen LogP contribution in [0.2, 0.25) is 5.02 Å². The van der Waals surface area contributed by atoms with Gasteiger partial charge in [0.1, 0.15) is 0 Å². The molecule has 1 unspecified atom stereocenters. The summed E-state index contributed by atoms with van der Waals surface area (Å²) in [7, 11) is 0. The summed E-state index contributed by atoms with van der Waals surface area (Å²) in [6.45, 7) is 8.65. The van der Waals surface area contributed by atoms with Gasteiger partial charge >= 0.3 is 0 Å². The van der Waals surface area contributed by atoms with Crippen molar-refractivity contribution in [2.45, 2.75) is 39.3 Å². The second-order valence-corrected chi connectivity index (χ2v) is 6.11. The lowest BCUT2D eigenvalue weighted by molar-refractivity contribution is 0.225. The molecule has 18 heavy (non-hydrogen) atoms. The molecule has 1 aromatic rings. The quantitative estimate of drug-likeness (QED) is 0.844. The van der Waals surface area contributed by atoms with Crippen LogP contribution in [0.1, 0.15) is 38.8 Å². The summed E-state index contributed by atoms with van der Waals surface area (Å²) in [6, 6.07) is 6.45. The third-order valence-corrected chi connectivity index (χ3v) is 4.05. The highest BCUT2D eigenvalue weighted by Gasteiger charge is 2.13. The molecule has 1 atom stereocenters. The van der Waals surface area contributed by atoms with Crippen molar-refractivity contribution < 1.29 is 0 Å². The molecule has 0 aromatic heterocycles. The molecule has 1 rings (SSSR count). The number of hydrogen-bond acceptors (Lipinski definition) is 2. The predicted octanol–water partition coefficient (Wildman–Crippen LogP) is 4.22. The molecular weight excluding hydrogens is 312 g/mol. The highest BCUT2D eigenvalue weighted by Crippen LogP contribution is 2.27. The molecule has 0 spiro atoms. The van der Waals surface area contributed by atoms with Crippen molar-refractivity contribution in [3.63, 3.8) is 0 Å². The molecule has 0 aliphatic rings. The molecule has 0 heterocycles. The first-order valence-electron chi connectivity index (χ1n) is 6.40. The summed E-state index contributed by atoms with van der Waals surface area (Å²) in [5, 5.41) is 0.740. The van der Waals surface area contributed by atoms with Gasteiger partial charge in [0, 0.05) is 28.1 Å². The Labute approximate surface area is 124 Å². The first-order valence-corrected chi connectivity index (χ1v) is 7.57.